The maximum atomic E-state index is 12.2. The number of benzene rings is 1. The molecule has 0 saturated carbocycles. The molecule has 1 amide bonds. The molecule has 2 unspecified atom stereocenters. The van der Waals surface area contributed by atoms with Gasteiger partial charge in [0.25, 0.3) is 5.91 Å². The molecule has 2 aliphatic heterocycles. The molecule has 1 aromatic rings. The number of hydrogen-bond donors (Lipinski definition) is 1. The van der Waals surface area contributed by atoms with Crippen molar-refractivity contribution in [2.24, 2.45) is 5.92 Å². The van der Waals surface area contributed by atoms with Crippen LogP contribution in [0, 0.1) is 5.92 Å². The zero-order valence-corrected chi connectivity index (χ0v) is 12.4. The van der Waals surface area contributed by atoms with Gasteiger partial charge in [0.1, 0.15) is 12.4 Å². The molecule has 0 aromatic heterocycles. The summed E-state index contributed by atoms with van der Waals surface area (Å²) in [6, 6.07) is 7.65. The smallest absolute Gasteiger partial charge is 0.253 e. The summed E-state index contributed by atoms with van der Waals surface area (Å²) in [6.07, 6.45) is 2.43. The van der Waals surface area contributed by atoms with Crippen molar-refractivity contribution >= 4 is 11.6 Å². The van der Waals surface area contributed by atoms with Crippen LogP contribution in [0.15, 0.2) is 24.3 Å². The fourth-order valence-electron chi connectivity index (χ4n) is 3.16. The van der Waals surface area contributed by atoms with E-state index in [0.717, 1.165) is 30.9 Å². The second-order valence-electron chi connectivity index (χ2n) is 5.63. The number of carbonyl (C=O) groups is 1. The summed E-state index contributed by atoms with van der Waals surface area (Å²) in [5.74, 6) is 1.21. The van der Waals surface area contributed by atoms with Crippen LogP contribution in [0.2, 0.25) is 0 Å². The second-order valence-corrected chi connectivity index (χ2v) is 5.63. The molecule has 1 aromatic carbocycles. The molecule has 2 atom stereocenters. The van der Waals surface area contributed by atoms with Gasteiger partial charge in [-0.1, -0.05) is 12.1 Å². The Morgan fingerprint density at radius 2 is 2.24 bits per heavy atom. The first-order valence-electron chi connectivity index (χ1n) is 7.55. The van der Waals surface area contributed by atoms with E-state index in [2.05, 4.69) is 5.32 Å². The van der Waals surface area contributed by atoms with E-state index in [1.54, 1.807) is 7.11 Å². The van der Waals surface area contributed by atoms with Crippen LogP contribution in [0.4, 0.5) is 5.69 Å². The van der Waals surface area contributed by atoms with E-state index in [1.165, 1.54) is 6.42 Å². The van der Waals surface area contributed by atoms with Gasteiger partial charge in [0, 0.05) is 6.54 Å². The van der Waals surface area contributed by atoms with E-state index >= 15 is 0 Å². The van der Waals surface area contributed by atoms with Crippen molar-refractivity contribution in [1.82, 2.24) is 5.32 Å². The molecular formula is C16H22N2O3. The van der Waals surface area contributed by atoms with Crippen molar-refractivity contribution in [3.05, 3.63) is 24.3 Å². The Balaban J connectivity index is 1.78. The Labute approximate surface area is 125 Å². The number of para-hydroxylation sites is 2. The van der Waals surface area contributed by atoms with E-state index in [0.29, 0.717) is 12.5 Å². The van der Waals surface area contributed by atoms with Crippen molar-refractivity contribution < 1.29 is 14.3 Å². The Kier molecular flexibility index (Phi) is 4.41. The van der Waals surface area contributed by atoms with Crippen molar-refractivity contribution in [3.8, 4) is 5.75 Å². The van der Waals surface area contributed by atoms with Crippen molar-refractivity contribution in [2.75, 3.05) is 38.3 Å². The highest BCUT2D eigenvalue weighted by Crippen LogP contribution is 2.31. The van der Waals surface area contributed by atoms with Crippen LogP contribution >= 0.6 is 0 Å². The number of piperidine rings is 1. The number of methoxy groups -OCH3 is 1. The number of anilines is 1. The third kappa shape index (κ3) is 3.04. The monoisotopic (exact) mass is 290 g/mol. The second kappa shape index (κ2) is 6.45. The van der Waals surface area contributed by atoms with Gasteiger partial charge in [0.05, 0.1) is 25.4 Å². The summed E-state index contributed by atoms with van der Waals surface area (Å²) in [5.41, 5.74) is 0.835. The van der Waals surface area contributed by atoms with Gasteiger partial charge in [0.2, 0.25) is 0 Å². The summed E-state index contributed by atoms with van der Waals surface area (Å²) >= 11 is 0. The van der Waals surface area contributed by atoms with Gasteiger partial charge >= 0.3 is 0 Å². The number of nitrogens with one attached hydrogen (secondary N) is 1. The number of amides is 1. The first-order chi connectivity index (χ1) is 10.3. The summed E-state index contributed by atoms with van der Waals surface area (Å²) < 4.78 is 11.2. The van der Waals surface area contributed by atoms with E-state index < -0.39 is 0 Å². The van der Waals surface area contributed by atoms with Crippen molar-refractivity contribution in [1.29, 1.82) is 0 Å². The SMILES string of the molecule is COc1ccccc1N1CC(C2CCCNC2)OCC1=O. The highest BCUT2D eigenvalue weighted by atomic mass is 16.5. The van der Waals surface area contributed by atoms with Crippen LogP contribution in [0.3, 0.4) is 0 Å². The van der Waals surface area contributed by atoms with Gasteiger partial charge in [-0.15, -0.1) is 0 Å². The lowest BCUT2D eigenvalue weighted by molar-refractivity contribution is -0.131. The number of ether oxygens (including phenoxy) is 2. The topological polar surface area (TPSA) is 50.8 Å². The van der Waals surface area contributed by atoms with Gasteiger partial charge in [-0.3, -0.25) is 4.79 Å². The average molecular weight is 290 g/mol. The van der Waals surface area contributed by atoms with Crippen LogP contribution in [0.5, 0.6) is 5.75 Å². The van der Waals surface area contributed by atoms with Gasteiger partial charge in [-0.05, 0) is 37.4 Å². The molecular weight excluding hydrogens is 268 g/mol. The van der Waals surface area contributed by atoms with Crippen LogP contribution in [-0.4, -0.2) is 45.4 Å². The molecule has 0 radical (unpaired) electrons. The van der Waals surface area contributed by atoms with Crippen molar-refractivity contribution in [2.45, 2.75) is 18.9 Å². The first kappa shape index (κ1) is 14.4. The van der Waals surface area contributed by atoms with Gasteiger partial charge in [0.15, 0.2) is 0 Å². The molecule has 1 N–H and O–H groups in total. The predicted octanol–water partition coefficient (Wildman–Crippen LogP) is 1.43. The van der Waals surface area contributed by atoms with Gasteiger partial charge in [-0.25, -0.2) is 0 Å². The number of carbonyl (C=O) groups excluding carboxylic acids is 1. The zero-order valence-electron chi connectivity index (χ0n) is 12.4. The number of hydrogen-bond acceptors (Lipinski definition) is 4. The van der Waals surface area contributed by atoms with Crippen LogP contribution < -0.4 is 15.0 Å². The fourth-order valence-corrected chi connectivity index (χ4v) is 3.16. The molecule has 3 rings (SSSR count). The Bertz CT molecular complexity index is 500. The van der Waals surface area contributed by atoms with Crippen LogP contribution in [0.1, 0.15) is 12.8 Å². The third-order valence-corrected chi connectivity index (χ3v) is 4.32. The molecule has 114 valence electrons. The molecule has 5 heteroatoms. The number of rotatable bonds is 3. The molecule has 5 nitrogen and oxygen atoms in total. The summed E-state index contributed by atoms with van der Waals surface area (Å²) in [6.45, 7) is 2.81. The minimum absolute atomic E-state index is 0.000446. The molecule has 2 fully saturated rings. The van der Waals surface area contributed by atoms with Gasteiger partial charge in [-0.2, -0.15) is 0 Å². The van der Waals surface area contributed by atoms with E-state index in [9.17, 15) is 4.79 Å². The standard InChI is InChI=1S/C16H22N2O3/c1-20-14-7-3-2-6-13(14)18-10-15(21-11-16(18)19)12-5-4-8-17-9-12/h2-3,6-7,12,15,17H,4-5,8-11H2,1H3. The highest BCUT2D eigenvalue weighted by molar-refractivity contribution is 5.96. The number of nitrogens with zero attached hydrogens (tertiary/aromatic N) is 1. The molecule has 0 spiro atoms. The lowest BCUT2D eigenvalue weighted by atomic mass is 9.92. The van der Waals surface area contributed by atoms with E-state index in [-0.39, 0.29) is 18.6 Å². The Hall–Kier alpha value is -1.59. The quantitative estimate of drug-likeness (QED) is 0.915. The van der Waals surface area contributed by atoms with E-state index in [1.807, 2.05) is 29.2 Å². The molecule has 2 saturated heterocycles. The molecule has 2 heterocycles. The minimum Gasteiger partial charge on any atom is -0.495 e. The maximum absolute atomic E-state index is 12.2. The molecule has 21 heavy (non-hydrogen) atoms. The summed E-state index contributed by atoms with van der Waals surface area (Å²) in [5, 5.41) is 3.41. The highest BCUT2D eigenvalue weighted by Gasteiger charge is 2.34. The fraction of sp³-hybridized carbons (Fsp3) is 0.562. The van der Waals surface area contributed by atoms with E-state index in [4.69, 9.17) is 9.47 Å². The lowest BCUT2D eigenvalue weighted by Gasteiger charge is -2.38. The summed E-state index contributed by atoms with van der Waals surface area (Å²) in [4.78, 5) is 14.0. The summed E-state index contributed by atoms with van der Waals surface area (Å²) in [7, 11) is 1.63. The molecule has 0 aliphatic carbocycles. The zero-order chi connectivity index (χ0) is 14.7. The first-order valence-corrected chi connectivity index (χ1v) is 7.55. The lowest BCUT2D eigenvalue weighted by Crippen LogP contribution is -2.52. The molecule has 0 bridgehead atoms. The van der Waals surface area contributed by atoms with Crippen LogP contribution in [-0.2, 0) is 9.53 Å². The number of morpholine rings is 1. The normalized spacial score (nSPS) is 26.7. The Morgan fingerprint density at radius 1 is 1.38 bits per heavy atom. The van der Waals surface area contributed by atoms with Crippen molar-refractivity contribution in [3.63, 3.8) is 0 Å². The minimum atomic E-state index is -0.000446. The van der Waals surface area contributed by atoms with Gasteiger partial charge < -0.3 is 19.7 Å². The molecule has 2 aliphatic rings. The third-order valence-electron chi connectivity index (χ3n) is 4.32. The predicted molar refractivity (Wildman–Crippen MR) is 80.7 cm³/mol. The largest absolute Gasteiger partial charge is 0.495 e. The Morgan fingerprint density at radius 3 is 3.00 bits per heavy atom. The average Bonchev–Trinajstić information content (AvgIpc) is 2.56. The maximum Gasteiger partial charge on any atom is 0.253 e. The van der Waals surface area contributed by atoms with Crippen LogP contribution in [0.25, 0.3) is 0 Å².